The third-order valence-corrected chi connectivity index (χ3v) is 3.30. The number of carboxylic acid groups (broad SMARTS) is 1. The molecule has 0 aliphatic rings. The molecule has 18 heavy (non-hydrogen) atoms. The Morgan fingerprint density at radius 2 is 2.17 bits per heavy atom. The van der Waals surface area contributed by atoms with Crippen LogP contribution in [0.3, 0.4) is 0 Å². The fraction of sp³-hybridized carbons (Fsp3) is 0.286. The molecule has 0 aliphatic carbocycles. The fourth-order valence-corrected chi connectivity index (χ4v) is 2.10. The van der Waals surface area contributed by atoms with Gasteiger partial charge in [0.25, 0.3) is 0 Å². The van der Waals surface area contributed by atoms with E-state index < -0.39 is 5.97 Å². The second kappa shape index (κ2) is 5.36. The largest absolute Gasteiger partial charge is 0.481 e. The number of aliphatic carboxylic acids is 1. The average molecular weight is 264 g/mol. The van der Waals surface area contributed by atoms with Crippen molar-refractivity contribution in [2.24, 2.45) is 0 Å². The van der Waals surface area contributed by atoms with Gasteiger partial charge in [-0.1, -0.05) is 12.1 Å². The van der Waals surface area contributed by atoms with Crippen LogP contribution in [0.2, 0.25) is 0 Å². The maximum Gasteiger partial charge on any atom is 0.303 e. The molecule has 1 N–H and O–H groups in total. The molecule has 0 radical (unpaired) electrons. The highest BCUT2D eigenvalue weighted by atomic mass is 35.5. The van der Waals surface area contributed by atoms with Gasteiger partial charge in [-0.05, 0) is 37.1 Å². The predicted molar refractivity (Wildman–Crippen MR) is 71.9 cm³/mol. The number of nitrogens with zero attached hydrogens (tertiary/aromatic N) is 1. The van der Waals surface area contributed by atoms with Crippen LogP contribution < -0.4 is 0 Å². The molecule has 0 amide bonds. The summed E-state index contributed by atoms with van der Waals surface area (Å²) in [6.07, 6.45) is 0.514. The molecule has 0 bridgehead atoms. The zero-order chi connectivity index (χ0) is 13.1. The number of fused-ring (bicyclic) bond motifs is 1. The lowest BCUT2D eigenvalue weighted by Gasteiger charge is -2.09. The Morgan fingerprint density at radius 1 is 1.39 bits per heavy atom. The van der Waals surface area contributed by atoms with Gasteiger partial charge in [-0.15, -0.1) is 11.6 Å². The molecule has 0 saturated heterocycles. The van der Waals surface area contributed by atoms with Crippen LogP contribution in [0.4, 0.5) is 0 Å². The van der Waals surface area contributed by atoms with Gasteiger partial charge in [0, 0.05) is 17.5 Å². The standard InChI is InChI=1S/C14H14ClNO2/c1-9-2-3-11-8-10(4-6-13(11)16-9)12(15)5-7-14(17)18/h2-4,6,8,12H,5,7H2,1H3,(H,17,18). The number of carboxylic acids is 1. The van der Waals surface area contributed by atoms with Crippen LogP contribution in [0.25, 0.3) is 10.9 Å². The first-order chi connectivity index (χ1) is 8.56. The van der Waals surface area contributed by atoms with Gasteiger partial charge in [0.2, 0.25) is 0 Å². The summed E-state index contributed by atoms with van der Waals surface area (Å²) in [5, 5.41) is 9.40. The first-order valence-electron chi connectivity index (χ1n) is 5.79. The number of hydrogen-bond acceptors (Lipinski definition) is 2. The van der Waals surface area contributed by atoms with Gasteiger partial charge in [0.05, 0.1) is 10.9 Å². The van der Waals surface area contributed by atoms with Crippen molar-refractivity contribution >= 4 is 28.5 Å². The summed E-state index contributed by atoms with van der Waals surface area (Å²) in [6.45, 7) is 1.95. The van der Waals surface area contributed by atoms with E-state index in [4.69, 9.17) is 16.7 Å². The number of halogens is 1. The number of alkyl halides is 1. The number of aryl methyl sites for hydroxylation is 1. The number of aromatic nitrogens is 1. The Hall–Kier alpha value is -1.61. The van der Waals surface area contributed by atoms with Crippen molar-refractivity contribution in [2.45, 2.75) is 25.1 Å². The monoisotopic (exact) mass is 263 g/mol. The van der Waals surface area contributed by atoms with Gasteiger partial charge >= 0.3 is 5.97 Å². The van der Waals surface area contributed by atoms with Crippen molar-refractivity contribution in [3.63, 3.8) is 0 Å². The van der Waals surface area contributed by atoms with Crippen molar-refractivity contribution in [2.75, 3.05) is 0 Å². The number of rotatable bonds is 4. The Balaban J connectivity index is 2.24. The Kier molecular flexibility index (Phi) is 3.82. The van der Waals surface area contributed by atoms with E-state index in [2.05, 4.69) is 4.98 Å². The predicted octanol–water partition coefficient (Wildman–Crippen LogP) is 3.69. The number of carbonyl (C=O) groups is 1. The highest BCUT2D eigenvalue weighted by Crippen LogP contribution is 2.28. The second-order valence-corrected chi connectivity index (χ2v) is 4.83. The van der Waals surface area contributed by atoms with E-state index in [0.717, 1.165) is 22.2 Å². The van der Waals surface area contributed by atoms with E-state index in [1.54, 1.807) is 0 Å². The molecule has 0 fully saturated rings. The van der Waals surface area contributed by atoms with E-state index in [-0.39, 0.29) is 11.8 Å². The van der Waals surface area contributed by atoms with E-state index in [9.17, 15) is 4.79 Å². The average Bonchev–Trinajstić information content (AvgIpc) is 2.35. The van der Waals surface area contributed by atoms with Gasteiger partial charge < -0.3 is 5.11 Å². The van der Waals surface area contributed by atoms with E-state index >= 15 is 0 Å². The topological polar surface area (TPSA) is 50.2 Å². The fourth-order valence-electron chi connectivity index (χ4n) is 1.86. The SMILES string of the molecule is Cc1ccc2cc(C(Cl)CCC(=O)O)ccc2n1. The highest BCUT2D eigenvalue weighted by molar-refractivity contribution is 6.21. The maximum atomic E-state index is 10.5. The molecular weight excluding hydrogens is 250 g/mol. The van der Waals surface area contributed by atoms with Crippen LogP contribution in [0.15, 0.2) is 30.3 Å². The number of benzene rings is 1. The maximum absolute atomic E-state index is 10.5. The molecule has 0 spiro atoms. The third-order valence-electron chi connectivity index (χ3n) is 2.83. The minimum atomic E-state index is -0.821. The van der Waals surface area contributed by atoms with E-state index in [0.29, 0.717) is 6.42 Å². The second-order valence-electron chi connectivity index (χ2n) is 4.30. The zero-order valence-corrected chi connectivity index (χ0v) is 10.8. The Labute approximate surface area is 110 Å². The highest BCUT2D eigenvalue weighted by Gasteiger charge is 2.10. The Bertz CT molecular complexity index is 583. The smallest absolute Gasteiger partial charge is 0.303 e. The first kappa shape index (κ1) is 12.8. The first-order valence-corrected chi connectivity index (χ1v) is 6.23. The third kappa shape index (κ3) is 2.99. The number of hydrogen-bond donors (Lipinski definition) is 1. The quantitative estimate of drug-likeness (QED) is 0.856. The summed E-state index contributed by atoms with van der Waals surface area (Å²) in [5.74, 6) is -0.821. The summed E-state index contributed by atoms with van der Waals surface area (Å²) < 4.78 is 0. The molecule has 1 heterocycles. The van der Waals surface area contributed by atoms with Crippen molar-refractivity contribution in [1.82, 2.24) is 4.98 Å². The lowest BCUT2D eigenvalue weighted by atomic mass is 10.0. The zero-order valence-electron chi connectivity index (χ0n) is 10.1. The van der Waals surface area contributed by atoms with Crippen LogP contribution in [-0.2, 0) is 4.79 Å². The molecule has 3 nitrogen and oxygen atoms in total. The minimum absolute atomic E-state index is 0.0817. The molecule has 1 unspecified atom stereocenters. The summed E-state index contributed by atoms with van der Waals surface area (Å²) in [6, 6.07) is 9.76. The van der Waals surface area contributed by atoms with Crippen LogP contribution in [-0.4, -0.2) is 16.1 Å². The molecule has 1 aromatic heterocycles. The van der Waals surface area contributed by atoms with Crippen LogP contribution >= 0.6 is 11.6 Å². The molecule has 4 heteroatoms. The molecule has 2 rings (SSSR count). The van der Waals surface area contributed by atoms with Crippen LogP contribution in [0, 0.1) is 6.92 Å². The molecule has 0 saturated carbocycles. The van der Waals surface area contributed by atoms with Gasteiger partial charge in [0.15, 0.2) is 0 Å². The van der Waals surface area contributed by atoms with E-state index in [1.165, 1.54) is 0 Å². The summed E-state index contributed by atoms with van der Waals surface area (Å²) in [7, 11) is 0. The van der Waals surface area contributed by atoms with E-state index in [1.807, 2.05) is 37.3 Å². The molecule has 2 aromatic rings. The van der Waals surface area contributed by atoms with Crippen molar-refractivity contribution < 1.29 is 9.90 Å². The van der Waals surface area contributed by atoms with Gasteiger partial charge in [-0.3, -0.25) is 9.78 Å². The molecule has 94 valence electrons. The minimum Gasteiger partial charge on any atom is -0.481 e. The Morgan fingerprint density at radius 3 is 2.89 bits per heavy atom. The van der Waals surface area contributed by atoms with Gasteiger partial charge in [-0.2, -0.15) is 0 Å². The van der Waals surface area contributed by atoms with Crippen LogP contribution in [0.1, 0.15) is 29.5 Å². The van der Waals surface area contributed by atoms with Crippen LogP contribution in [0.5, 0.6) is 0 Å². The van der Waals surface area contributed by atoms with Gasteiger partial charge in [-0.25, -0.2) is 0 Å². The molecule has 1 aromatic carbocycles. The lowest BCUT2D eigenvalue weighted by Crippen LogP contribution is -1.98. The normalized spacial score (nSPS) is 12.6. The summed E-state index contributed by atoms with van der Waals surface area (Å²) in [4.78, 5) is 14.9. The molecule has 1 atom stereocenters. The van der Waals surface area contributed by atoms with Gasteiger partial charge in [0.1, 0.15) is 0 Å². The molecule has 0 aliphatic heterocycles. The number of pyridine rings is 1. The van der Waals surface area contributed by atoms with Crippen molar-refractivity contribution in [1.29, 1.82) is 0 Å². The lowest BCUT2D eigenvalue weighted by molar-refractivity contribution is -0.137. The van der Waals surface area contributed by atoms with Crippen molar-refractivity contribution in [3.05, 3.63) is 41.6 Å². The summed E-state index contributed by atoms with van der Waals surface area (Å²) >= 11 is 6.20. The summed E-state index contributed by atoms with van der Waals surface area (Å²) in [5.41, 5.74) is 2.85. The van der Waals surface area contributed by atoms with Crippen molar-refractivity contribution in [3.8, 4) is 0 Å². The molecular formula is C14H14ClNO2.